The first kappa shape index (κ1) is 17.3. The zero-order valence-electron chi connectivity index (χ0n) is 14.2. The second kappa shape index (κ2) is 7.57. The molecule has 0 spiro atoms. The first-order valence-electron chi connectivity index (χ1n) is 8.11. The van der Waals surface area contributed by atoms with E-state index in [2.05, 4.69) is 9.97 Å². The van der Waals surface area contributed by atoms with Gasteiger partial charge in [-0.25, -0.2) is 9.37 Å². The summed E-state index contributed by atoms with van der Waals surface area (Å²) in [7, 11) is 1.51. The number of hydrogen-bond acceptors (Lipinski definition) is 5. The Morgan fingerprint density at radius 3 is 2.80 bits per heavy atom. The smallest absolute Gasteiger partial charge is 0.248 e. The number of rotatable bonds is 5. The highest BCUT2D eigenvalue weighted by Crippen LogP contribution is 2.28. The van der Waals surface area contributed by atoms with Crippen LogP contribution in [0.15, 0.2) is 30.3 Å². The van der Waals surface area contributed by atoms with E-state index in [0.29, 0.717) is 30.5 Å². The quantitative estimate of drug-likeness (QED) is 0.834. The number of aromatic nitrogens is 2. The van der Waals surface area contributed by atoms with E-state index in [-0.39, 0.29) is 24.2 Å². The van der Waals surface area contributed by atoms with Crippen LogP contribution in [-0.4, -0.2) is 47.6 Å². The van der Waals surface area contributed by atoms with Gasteiger partial charge >= 0.3 is 0 Å². The van der Waals surface area contributed by atoms with E-state index >= 15 is 0 Å². The molecule has 132 valence electrons. The van der Waals surface area contributed by atoms with Gasteiger partial charge in [0, 0.05) is 37.9 Å². The summed E-state index contributed by atoms with van der Waals surface area (Å²) in [5.74, 6) is 1.30. The molecule has 0 saturated carbocycles. The minimum Gasteiger partial charge on any atom is -0.439 e. The Balaban J connectivity index is 1.73. The summed E-state index contributed by atoms with van der Waals surface area (Å²) < 4.78 is 23.6. The Labute approximate surface area is 145 Å². The maximum atomic E-state index is 13.0. The first-order chi connectivity index (χ1) is 12.0. The standard InChI is InChI=1S/C18H20FN3O3/c1-12-9-16(25-15-5-3-14(19)4-6-15)21-18(20-12)13-7-8-22(10-13)17(23)11-24-2/h3-6,9,13H,7-8,10-11H2,1-2H3. The molecule has 1 unspecified atom stereocenters. The largest absolute Gasteiger partial charge is 0.439 e. The average molecular weight is 345 g/mol. The molecule has 1 amide bonds. The van der Waals surface area contributed by atoms with E-state index in [9.17, 15) is 9.18 Å². The topological polar surface area (TPSA) is 64.5 Å². The molecule has 3 rings (SSSR count). The predicted molar refractivity (Wildman–Crippen MR) is 89.1 cm³/mol. The van der Waals surface area contributed by atoms with E-state index < -0.39 is 0 Å². The van der Waals surface area contributed by atoms with Crippen molar-refractivity contribution in [3.63, 3.8) is 0 Å². The highest BCUT2D eigenvalue weighted by atomic mass is 19.1. The summed E-state index contributed by atoms with van der Waals surface area (Å²) in [6.07, 6.45) is 0.800. The Morgan fingerprint density at radius 1 is 1.32 bits per heavy atom. The summed E-state index contributed by atoms with van der Waals surface area (Å²) in [4.78, 5) is 22.7. The molecular weight excluding hydrogens is 325 g/mol. The number of amides is 1. The number of nitrogens with zero attached hydrogens (tertiary/aromatic N) is 3. The summed E-state index contributed by atoms with van der Waals surface area (Å²) in [6.45, 7) is 3.19. The Morgan fingerprint density at radius 2 is 2.08 bits per heavy atom. The van der Waals surface area contributed by atoms with Crippen molar-refractivity contribution in [1.82, 2.24) is 14.9 Å². The lowest BCUT2D eigenvalue weighted by atomic mass is 10.1. The number of carbonyl (C=O) groups is 1. The van der Waals surface area contributed by atoms with Gasteiger partial charge in [-0.3, -0.25) is 4.79 Å². The minimum atomic E-state index is -0.321. The molecule has 2 aromatic rings. The highest BCUT2D eigenvalue weighted by molar-refractivity contribution is 5.77. The lowest BCUT2D eigenvalue weighted by molar-refractivity contribution is -0.134. The fourth-order valence-electron chi connectivity index (χ4n) is 2.83. The van der Waals surface area contributed by atoms with Gasteiger partial charge in [0.05, 0.1) is 0 Å². The molecule has 1 aliphatic heterocycles. The summed E-state index contributed by atoms with van der Waals surface area (Å²) in [5.41, 5.74) is 0.781. The number of benzene rings is 1. The molecule has 1 aromatic heterocycles. The van der Waals surface area contributed by atoms with E-state index in [1.807, 2.05) is 6.92 Å². The fourth-order valence-corrected chi connectivity index (χ4v) is 2.83. The molecule has 1 aromatic carbocycles. The molecule has 1 fully saturated rings. The lowest BCUT2D eigenvalue weighted by Gasteiger charge is -2.16. The molecule has 1 aliphatic rings. The Hall–Kier alpha value is -2.54. The first-order valence-corrected chi connectivity index (χ1v) is 8.11. The molecule has 6 nitrogen and oxygen atoms in total. The average Bonchev–Trinajstić information content (AvgIpc) is 3.07. The fraction of sp³-hybridized carbons (Fsp3) is 0.389. The van der Waals surface area contributed by atoms with Crippen molar-refractivity contribution in [2.75, 3.05) is 26.8 Å². The second-order valence-corrected chi connectivity index (χ2v) is 6.02. The number of ether oxygens (including phenoxy) is 2. The summed E-state index contributed by atoms with van der Waals surface area (Å²) >= 11 is 0. The Kier molecular flexibility index (Phi) is 5.23. The van der Waals surface area contributed by atoms with E-state index in [1.54, 1.807) is 23.1 Å². The van der Waals surface area contributed by atoms with Gasteiger partial charge in [0.25, 0.3) is 0 Å². The van der Waals surface area contributed by atoms with Crippen LogP contribution < -0.4 is 4.74 Å². The van der Waals surface area contributed by atoms with Crippen LogP contribution in [-0.2, 0) is 9.53 Å². The number of halogens is 1. The molecular formula is C18H20FN3O3. The van der Waals surface area contributed by atoms with Crippen molar-refractivity contribution in [3.05, 3.63) is 47.7 Å². The van der Waals surface area contributed by atoms with Gasteiger partial charge in [-0.2, -0.15) is 4.98 Å². The number of likely N-dealkylation sites (tertiary alicyclic amines) is 1. The maximum Gasteiger partial charge on any atom is 0.248 e. The van der Waals surface area contributed by atoms with Crippen LogP contribution in [0.3, 0.4) is 0 Å². The van der Waals surface area contributed by atoms with Crippen LogP contribution >= 0.6 is 0 Å². The van der Waals surface area contributed by atoms with Crippen LogP contribution in [0.2, 0.25) is 0 Å². The van der Waals surface area contributed by atoms with Gasteiger partial charge in [0.2, 0.25) is 11.8 Å². The molecule has 7 heteroatoms. The second-order valence-electron chi connectivity index (χ2n) is 6.02. The summed E-state index contributed by atoms with van der Waals surface area (Å²) in [6, 6.07) is 7.50. The monoisotopic (exact) mass is 345 g/mol. The van der Waals surface area contributed by atoms with Crippen LogP contribution in [0.5, 0.6) is 11.6 Å². The molecule has 25 heavy (non-hydrogen) atoms. The number of carbonyl (C=O) groups excluding carboxylic acids is 1. The van der Waals surface area contributed by atoms with Crippen molar-refractivity contribution in [3.8, 4) is 11.6 Å². The summed E-state index contributed by atoms with van der Waals surface area (Å²) in [5, 5.41) is 0. The van der Waals surface area contributed by atoms with Crippen molar-refractivity contribution in [2.45, 2.75) is 19.3 Å². The molecule has 0 N–H and O–H groups in total. The highest BCUT2D eigenvalue weighted by Gasteiger charge is 2.29. The Bertz CT molecular complexity index is 752. The predicted octanol–water partition coefficient (Wildman–Crippen LogP) is 2.68. The van der Waals surface area contributed by atoms with Crippen LogP contribution in [0.25, 0.3) is 0 Å². The van der Waals surface area contributed by atoms with Crippen LogP contribution in [0.4, 0.5) is 4.39 Å². The van der Waals surface area contributed by atoms with E-state index in [1.165, 1.54) is 19.2 Å². The van der Waals surface area contributed by atoms with Gasteiger partial charge in [0.1, 0.15) is 24.0 Å². The molecule has 0 radical (unpaired) electrons. The SMILES string of the molecule is COCC(=O)N1CCC(c2nc(C)cc(Oc3ccc(F)cc3)n2)C1. The number of hydrogen-bond donors (Lipinski definition) is 0. The van der Waals surface area contributed by atoms with Gasteiger partial charge in [-0.1, -0.05) is 0 Å². The van der Waals surface area contributed by atoms with Crippen molar-refractivity contribution < 1.29 is 18.7 Å². The van der Waals surface area contributed by atoms with Gasteiger partial charge in [0.15, 0.2) is 0 Å². The van der Waals surface area contributed by atoms with Gasteiger partial charge in [-0.05, 0) is 37.6 Å². The molecule has 2 heterocycles. The van der Waals surface area contributed by atoms with Gasteiger partial charge in [-0.15, -0.1) is 0 Å². The molecule has 0 bridgehead atoms. The van der Waals surface area contributed by atoms with Crippen LogP contribution in [0.1, 0.15) is 23.9 Å². The molecule has 1 saturated heterocycles. The van der Waals surface area contributed by atoms with Crippen molar-refractivity contribution in [2.24, 2.45) is 0 Å². The van der Waals surface area contributed by atoms with Crippen molar-refractivity contribution >= 4 is 5.91 Å². The zero-order valence-corrected chi connectivity index (χ0v) is 14.2. The van der Waals surface area contributed by atoms with E-state index in [0.717, 1.165) is 12.1 Å². The zero-order chi connectivity index (χ0) is 17.8. The van der Waals surface area contributed by atoms with Crippen molar-refractivity contribution in [1.29, 1.82) is 0 Å². The normalized spacial score (nSPS) is 16.9. The van der Waals surface area contributed by atoms with Gasteiger partial charge < -0.3 is 14.4 Å². The molecule has 1 atom stereocenters. The lowest BCUT2D eigenvalue weighted by Crippen LogP contribution is -2.31. The van der Waals surface area contributed by atoms with E-state index in [4.69, 9.17) is 9.47 Å². The molecule has 0 aliphatic carbocycles. The number of methoxy groups -OCH3 is 1. The number of aryl methyl sites for hydroxylation is 1. The third-order valence-corrected chi connectivity index (χ3v) is 4.06. The minimum absolute atomic E-state index is 0.0274. The third kappa shape index (κ3) is 4.30. The maximum absolute atomic E-state index is 13.0. The van der Waals surface area contributed by atoms with Crippen LogP contribution in [0, 0.1) is 12.7 Å². The third-order valence-electron chi connectivity index (χ3n) is 4.06.